The molecular formula is C19H20ClN3O5. The fourth-order valence-electron chi connectivity index (χ4n) is 2.98. The lowest BCUT2D eigenvalue weighted by Gasteiger charge is -2.35. The summed E-state index contributed by atoms with van der Waals surface area (Å²) in [5, 5.41) is 18.6. The Bertz CT molecular complexity index is 875. The molecule has 1 aliphatic rings. The van der Waals surface area contributed by atoms with Gasteiger partial charge in [-0.1, -0.05) is 0 Å². The fourth-order valence-corrected chi connectivity index (χ4v) is 2.98. The van der Waals surface area contributed by atoms with E-state index in [0.29, 0.717) is 13.1 Å². The first-order valence-electron chi connectivity index (χ1n) is 8.43. The van der Waals surface area contributed by atoms with Gasteiger partial charge in [0.15, 0.2) is 5.78 Å². The van der Waals surface area contributed by atoms with E-state index in [4.69, 9.17) is 5.11 Å². The lowest BCUT2D eigenvalue weighted by atomic mass is 10.0. The van der Waals surface area contributed by atoms with Gasteiger partial charge < -0.3 is 20.0 Å². The van der Waals surface area contributed by atoms with Crippen molar-refractivity contribution in [1.29, 1.82) is 0 Å². The Morgan fingerprint density at radius 1 is 1.11 bits per heavy atom. The fraction of sp³-hybridized carbons (Fsp3) is 0.263. The number of phenols is 1. The maximum absolute atomic E-state index is 12.5. The molecule has 2 heterocycles. The predicted octanol–water partition coefficient (Wildman–Crippen LogP) is 1.37. The minimum Gasteiger partial charge on any atom is -0.508 e. The van der Waals surface area contributed by atoms with Crippen molar-refractivity contribution in [3.63, 3.8) is 0 Å². The van der Waals surface area contributed by atoms with Crippen LogP contribution in [0.5, 0.6) is 5.75 Å². The van der Waals surface area contributed by atoms with E-state index in [9.17, 15) is 19.5 Å². The number of amides is 1. The number of aliphatic carboxylic acids is 1. The molecule has 0 aliphatic carbocycles. The number of phenolic OH excluding ortho intramolecular Hbond substituents is 1. The SMILES string of the molecule is Cl.O=C(O)Cc1cc(C(=O)CN2CCN(c3ccncc3)CC2=O)ccc1O. The summed E-state index contributed by atoms with van der Waals surface area (Å²) in [5.74, 6) is -1.73. The van der Waals surface area contributed by atoms with Gasteiger partial charge in [-0.15, -0.1) is 12.4 Å². The van der Waals surface area contributed by atoms with Crippen LogP contribution in [0.1, 0.15) is 15.9 Å². The van der Waals surface area contributed by atoms with Crippen molar-refractivity contribution in [2.75, 3.05) is 31.1 Å². The highest BCUT2D eigenvalue weighted by Gasteiger charge is 2.26. The zero-order valence-corrected chi connectivity index (χ0v) is 15.8. The van der Waals surface area contributed by atoms with Gasteiger partial charge in [0.25, 0.3) is 0 Å². The minimum absolute atomic E-state index is 0. The van der Waals surface area contributed by atoms with E-state index in [2.05, 4.69) is 4.98 Å². The standard InChI is InChI=1S/C19H19N3O5.ClH/c23-16-2-1-13(9-14(16)10-19(26)27)17(24)11-22-8-7-21(12-18(22)25)15-3-5-20-6-4-15;/h1-6,9,23H,7-8,10-12H2,(H,26,27);1H. The van der Waals surface area contributed by atoms with Crippen LogP contribution in [0.3, 0.4) is 0 Å². The molecule has 1 fully saturated rings. The zero-order chi connectivity index (χ0) is 19.4. The highest BCUT2D eigenvalue weighted by molar-refractivity contribution is 6.00. The number of nitrogens with zero attached hydrogens (tertiary/aromatic N) is 3. The Kier molecular flexibility index (Phi) is 6.94. The third-order valence-electron chi connectivity index (χ3n) is 4.42. The number of aromatic hydroxyl groups is 1. The van der Waals surface area contributed by atoms with Crippen LogP contribution in [0, 0.1) is 0 Å². The topological polar surface area (TPSA) is 111 Å². The van der Waals surface area contributed by atoms with Crippen LogP contribution in [-0.2, 0) is 16.0 Å². The molecule has 2 N–H and O–H groups in total. The zero-order valence-electron chi connectivity index (χ0n) is 14.9. The number of rotatable bonds is 6. The number of benzene rings is 1. The van der Waals surface area contributed by atoms with Crippen LogP contribution in [0.25, 0.3) is 0 Å². The number of ketones is 1. The molecule has 2 aromatic rings. The number of carbonyl (C=O) groups excluding carboxylic acids is 2. The van der Waals surface area contributed by atoms with Crippen molar-refractivity contribution in [3.05, 3.63) is 53.9 Å². The Morgan fingerprint density at radius 3 is 2.46 bits per heavy atom. The summed E-state index contributed by atoms with van der Waals surface area (Å²) in [6, 6.07) is 7.75. The summed E-state index contributed by atoms with van der Waals surface area (Å²) in [7, 11) is 0. The maximum Gasteiger partial charge on any atom is 0.307 e. The summed E-state index contributed by atoms with van der Waals surface area (Å²) >= 11 is 0. The van der Waals surface area contributed by atoms with E-state index >= 15 is 0 Å². The molecule has 9 heteroatoms. The van der Waals surface area contributed by atoms with Crippen molar-refractivity contribution in [2.45, 2.75) is 6.42 Å². The van der Waals surface area contributed by atoms with Gasteiger partial charge in [-0.2, -0.15) is 0 Å². The Balaban J connectivity index is 0.00000280. The highest BCUT2D eigenvalue weighted by Crippen LogP contribution is 2.20. The Hall–Kier alpha value is -3.13. The van der Waals surface area contributed by atoms with Crippen molar-refractivity contribution >= 4 is 35.8 Å². The quantitative estimate of drug-likeness (QED) is 0.698. The van der Waals surface area contributed by atoms with Crippen molar-refractivity contribution in [2.24, 2.45) is 0 Å². The van der Waals surface area contributed by atoms with E-state index in [1.165, 1.54) is 23.1 Å². The van der Waals surface area contributed by atoms with E-state index in [-0.39, 0.29) is 60.5 Å². The molecule has 0 radical (unpaired) electrons. The lowest BCUT2D eigenvalue weighted by molar-refractivity contribution is -0.136. The summed E-state index contributed by atoms with van der Waals surface area (Å²) in [5.41, 5.74) is 1.34. The number of carbonyl (C=O) groups is 3. The molecule has 1 saturated heterocycles. The van der Waals surface area contributed by atoms with Crippen LogP contribution in [-0.4, -0.2) is 63.9 Å². The molecule has 0 saturated carbocycles. The van der Waals surface area contributed by atoms with Gasteiger partial charge in [0.2, 0.25) is 5.91 Å². The lowest BCUT2D eigenvalue weighted by Crippen LogP contribution is -2.51. The highest BCUT2D eigenvalue weighted by atomic mass is 35.5. The molecule has 0 bridgehead atoms. The molecule has 0 spiro atoms. The molecule has 0 atom stereocenters. The predicted molar refractivity (Wildman–Crippen MR) is 104 cm³/mol. The average molecular weight is 406 g/mol. The summed E-state index contributed by atoms with van der Waals surface area (Å²) in [6.07, 6.45) is 2.95. The van der Waals surface area contributed by atoms with Gasteiger partial charge in [0.05, 0.1) is 19.5 Å². The smallest absolute Gasteiger partial charge is 0.307 e. The van der Waals surface area contributed by atoms with Gasteiger partial charge in [-0.3, -0.25) is 19.4 Å². The number of hydrogen-bond donors (Lipinski definition) is 2. The molecule has 28 heavy (non-hydrogen) atoms. The normalized spacial score (nSPS) is 13.8. The minimum atomic E-state index is -1.10. The number of anilines is 1. The van der Waals surface area contributed by atoms with E-state index in [1.54, 1.807) is 12.4 Å². The molecule has 1 aliphatic heterocycles. The number of pyridine rings is 1. The number of hydrogen-bond acceptors (Lipinski definition) is 6. The summed E-state index contributed by atoms with van der Waals surface area (Å²) in [4.78, 5) is 43.2. The maximum atomic E-state index is 12.5. The third-order valence-corrected chi connectivity index (χ3v) is 4.42. The summed E-state index contributed by atoms with van der Waals surface area (Å²) in [6.45, 7) is 1.10. The van der Waals surface area contributed by atoms with Crippen molar-refractivity contribution in [3.8, 4) is 5.75 Å². The molecule has 8 nitrogen and oxygen atoms in total. The van der Waals surface area contributed by atoms with Gasteiger partial charge in [-0.05, 0) is 30.3 Å². The third kappa shape index (κ3) is 4.98. The van der Waals surface area contributed by atoms with E-state index in [0.717, 1.165) is 5.69 Å². The average Bonchev–Trinajstić information content (AvgIpc) is 2.65. The van der Waals surface area contributed by atoms with Crippen LogP contribution in [0.15, 0.2) is 42.7 Å². The number of halogens is 1. The second kappa shape index (κ2) is 9.18. The van der Waals surface area contributed by atoms with Gasteiger partial charge in [0, 0.05) is 42.3 Å². The molecule has 1 amide bonds. The number of aromatic nitrogens is 1. The second-order valence-electron chi connectivity index (χ2n) is 6.28. The Morgan fingerprint density at radius 2 is 1.82 bits per heavy atom. The van der Waals surface area contributed by atoms with Crippen LogP contribution >= 0.6 is 12.4 Å². The number of Topliss-reactive ketones (excluding diaryl/α,β-unsaturated/α-hetero) is 1. The largest absolute Gasteiger partial charge is 0.508 e. The molecular weight excluding hydrogens is 386 g/mol. The first-order chi connectivity index (χ1) is 12.9. The van der Waals surface area contributed by atoms with Crippen molar-refractivity contribution < 1.29 is 24.6 Å². The summed E-state index contributed by atoms with van der Waals surface area (Å²) < 4.78 is 0. The van der Waals surface area contributed by atoms with Gasteiger partial charge in [-0.25, -0.2) is 0 Å². The van der Waals surface area contributed by atoms with E-state index in [1.807, 2.05) is 17.0 Å². The number of carboxylic acid groups (broad SMARTS) is 1. The first kappa shape index (κ1) is 21.2. The van der Waals surface area contributed by atoms with Gasteiger partial charge in [0.1, 0.15) is 5.75 Å². The second-order valence-corrected chi connectivity index (χ2v) is 6.28. The molecule has 1 aromatic heterocycles. The monoisotopic (exact) mass is 405 g/mol. The van der Waals surface area contributed by atoms with E-state index < -0.39 is 5.97 Å². The van der Waals surface area contributed by atoms with Crippen LogP contribution in [0.4, 0.5) is 5.69 Å². The molecule has 1 aromatic carbocycles. The van der Waals surface area contributed by atoms with Crippen LogP contribution < -0.4 is 4.90 Å². The van der Waals surface area contributed by atoms with Gasteiger partial charge >= 0.3 is 5.97 Å². The number of piperazine rings is 1. The van der Waals surface area contributed by atoms with Crippen molar-refractivity contribution in [1.82, 2.24) is 9.88 Å². The van der Waals surface area contributed by atoms with Crippen LogP contribution in [0.2, 0.25) is 0 Å². The number of carboxylic acids is 1. The first-order valence-corrected chi connectivity index (χ1v) is 8.43. The molecule has 148 valence electrons. The molecule has 0 unspecified atom stereocenters. The molecule has 3 rings (SSSR count). The Labute approximate surface area is 167 Å².